The quantitative estimate of drug-likeness (QED) is 0.852. The van der Waals surface area contributed by atoms with Crippen LogP contribution in [0.4, 0.5) is 4.79 Å². The van der Waals surface area contributed by atoms with Crippen LogP contribution in [0.25, 0.3) is 0 Å². The largest absolute Gasteiger partial charge is 0.356 e. The molecule has 19 heavy (non-hydrogen) atoms. The molecular formula is C13H17N3O2S. The minimum absolute atomic E-state index is 0.0133. The van der Waals surface area contributed by atoms with Gasteiger partial charge in [-0.05, 0) is 12.1 Å². The zero-order valence-electron chi connectivity index (χ0n) is 10.7. The number of aromatic nitrogens is 1. The molecule has 2 amide bonds. The summed E-state index contributed by atoms with van der Waals surface area (Å²) in [5.41, 5.74) is 0.967. The molecule has 1 aromatic heterocycles. The molecule has 1 aromatic rings. The topological polar surface area (TPSA) is 62.3 Å². The van der Waals surface area contributed by atoms with Crippen LogP contribution in [0.3, 0.4) is 0 Å². The van der Waals surface area contributed by atoms with Crippen LogP contribution in [-0.2, 0) is 11.2 Å². The molecule has 1 saturated heterocycles. The van der Waals surface area contributed by atoms with Gasteiger partial charge in [0.05, 0.1) is 0 Å². The van der Waals surface area contributed by atoms with Crippen molar-refractivity contribution >= 4 is 22.9 Å². The molecule has 102 valence electrons. The number of hydrogen-bond donors (Lipinski definition) is 1. The highest BCUT2D eigenvalue weighted by Crippen LogP contribution is 2.16. The van der Waals surface area contributed by atoms with Gasteiger partial charge < -0.3 is 10.2 Å². The van der Waals surface area contributed by atoms with Crippen molar-refractivity contribution < 1.29 is 9.59 Å². The molecule has 0 atom stereocenters. The predicted octanol–water partition coefficient (Wildman–Crippen LogP) is 1.30. The van der Waals surface area contributed by atoms with E-state index in [2.05, 4.69) is 10.3 Å². The lowest BCUT2D eigenvalue weighted by molar-refractivity contribution is -0.121. The van der Waals surface area contributed by atoms with Crippen LogP contribution < -0.4 is 5.32 Å². The summed E-state index contributed by atoms with van der Waals surface area (Å²) in [5.74, 6) is 0.820. The third-order valence-corrected chi connectivity index (χ3v) is 3.78. The molecule has 0 saturated carbocycles. The maximum Gasteiger partial charge on any atom is 0.281 e. The van der Waals surface area contributed by atoms with Crippen LogP contribution in [0.1, 0.15) is 12.1 Å². The number of carbonyl (C=O) groups excluding carboxylic acids is 2. The average molecular weight is 279 g/mol. The lowest BCUT2D eigenvalue weighted by Crippen LogP contribution is -2.31. The number of hydrogen-bond acceptors (Lipinski definition) is 4. The second-order valence-corrected chi connectivity index (χ2v) is 5.32. The van der Waals surface area contributed by atoms with Crippen LogP contribution in [0, 0.1) is 0 Å². The zero-order chi connectivity index (χ0) is 13.5. The summed E-state index contributed by atoms with van der Waals surface area (Å²) in [5, 5.41) is 2.93. The SMILES string of the molecule is O=C(CCN1CCSC1=O)NCCc1ccccn1. The Labute approximate surface area is 116 Å². The van der Waals surface area contributed by atoms with Crippen molar-refractivity contribution in [3.05, 3.63) is 30.1 Å². The second kappa shape index (κ2) is 7.13. The molecule has 0 spiro atoms. The first-order valence-electron chi connectivity index (χ1n) is 6.34. The van der Waals surface area contributed by atoms with Crippen molar-refractivity contribution in [3.63, 3.8) is 0 Å². The van der Waals surface area contributed by atoms with Crippen molar-refractivity contribution in [1.29, 1.82) is 0 Å². The lowest BCUT2D eigenvalue weighted by Gasteiger charge is -2.13. The van der Waals surface area contributed by atoms with E-state index in [1.807, 2.05) is 18.2 Å². The molecule has 0 unspecified atom stereocenters. The number of carbonyl (C=O) groups is 2. The van der Waals surface area contributed by atoms with E-state index in [0.717, 1.165) is 24.4 Å². The van der Waals surface area contributed by atoms with Crippen LogP contribution in [0.15, 0.2) is 24.4 Å². The van der Waals surface area contributed by atoms with E-state index in [9.17, 15) is 9.59 Å². The van der Waals surface area contributed by atoms with Gasteiger partial charge in [-0.2, -0.15) is 0 Å². The van der Waals surface area contributed by atoms with Gasteiger partial charge in [-0.3, -0.25) is 14.6 Å². The normalized spacial score (nSPS) is 14.7. The molecule has 2 rings (SSSR count). The van der Waals surface area contributed by atoms with Gasteiger partial charge in [0, 0.05) is 50.1 Å². The van der Waals surface area contributed by atoms with Crippen molar-refractivity contribution in [2.75, 3.05) is 25.4 Å². The van der Waals surface area contributed by atoms with Gasteiger partial charge in [0.25, 0.3) is 5.24 Å². The van der Waals surface area contributed by atoms with Gasteiger partial charge in [0.1, 0.15) is 0 Å². The molecule has 0 aliphatic carbocycles. The summed E-state index contributed by atoms with van der Waals surface area (Å²) in [7, 11) is 0. The van der Waals surface area contributed by atoms with Crippen molar-refractivity contribution in [3.8, 4) is 0 Å². The van der Waals surface area contributed by atoms with E-state index in [0.29, 0.717) is 19.5 Å². The molecule has 0 radical (unpaired) electrons. The summed E-state index contributed by atoms with van der Waals surface area (Å²) in [4.78, 5) is 28.9. The van der Waals surface area contributed by atoms with Crippen LogP contribution in [-0.4, -0.2) is 46.4 Å². The molecular weight excluding hydrogens is 262 g/mol. The number of amides is 2. The van der Waals surface area contributed by atoms with Gasteiger partial charge in [-0.25, -0.2) is 0 Å². The Bertz CT molecular complexity index is 439. The number of rotatable bonds is 6. The van der Waals surface area contributed by atoms with E-state index < -0.39 is 0 Å². The van der Waals surface area contributed by atoms with Crippen LogP contribution in [0.2, 0.25) is 0 Å². The average Bonchev–Trinajstić information content (AvgIpc) is 2.83. The fourth-order valence-electron chi connectivity index (χ4n) is 1.83. The van der Waals surface area contributed by atoms with E-state index in [1.165, 1.54) is 11.8 Å². The maximum atomic E-state index is 11.6. The Morgan fingerprint density at radius 3 is 3.05 bits per heavy atom. The smallest absolute Gasteiger partial charge is 0.281 e. The number of nitrogens with one attached hydrogen (secondary N) is 1. The predicted molar refractivity (Wildman–Crippen MR) is 75.0 cm³/mol. The summed E-state index contributed by atoms with van der Waals surface area (Å²) in [6, 6.07) is 5.74. The Kier molecular flexibility index (Phi) is 5.20. The molecule has 1 aliphatic heterocycles. The fraction of sp³-hybridized carbons (Fsp3) is 0.462. The first kappa shape index (κ1) is 13.9. The van der Waals surface area contributed by atoms with Crippen LogP contribution >= 0.6 is 11.8 Å². The lowest BCUT2D eigenvalue weighted by atomic mass is 10.2. The van der Waals surface area contributed by atoms with E-state index in [-0.39, 0.29) is 11.1 Å². The minimum atomic E-state index is -0.0133. The molecule has 6 heteroatoms. The van der Waals surface area contributed by atoms with Crippen molar-refractivity contribution in [2.45, 2.75) is 12.8 Å². The third-order valence-electron chi connectivity index (χ3n) is 2.88. The molecule has 2 heterocycles. The summed E-state index contributed by atoms with van der Waals surface area (Å²) >= 11 is 1.32. The van der Waals surface area contributed by atoms with Gasteiger partial charge in [-0.15, -0.1) is 0 Å². The molecule has 0 aromatic carbocycles. The highest BCUT2D eigenvalue weighted by molar-refractivity contribution is 8.13. The van der Waals surface area contributed by atoms with Crippen LogP contribution in [0.5, 0.6) is 0 Å². The second-order valence-electron chi connectivity index (χ2n) is 4.27. The van der Waals surface area contributed by atoms with E-state index >= 15 is 0 Å². The first-order valence-corrected chi connectivity index (χ1v) is 7.32. The van der Waals surface area contributed by atoms with E-state index in [1.54, 1.807) is 11.1 Å². The van der Waals surface area contributed by atoms with Crippen molar-refractivity contribution in [2.24, 2.45) is 0 Å². The standard InChI is InChI=1S/C13H17N3O2S/c17-12(5-8-16-9-10-19-13(16)18)15-7-4-11-3-1-2-6-14-11/h1-3,6H,4-5,7-10H2,(H,15,17). The highest BCUT2D eigenvalue weighted by atomic mass is 32.2. The molecule has 1 aliphatic rings. The number of pyridine rings is 1. The Morgan fingerprint density at radius 1 is 1.47 bits per heavy atom. The summed E-state index contributed by atoms with van der Waals surface area (Å²) in [6.45, 7) is 1.85. The Hall–Kier alpha value is -1.56. The zero-order valence-corrected chi connectivity index (χ0v) is 11.5. The first-order chi connectivity index (χ1) is 9.25. The molecule has 1 N–H and O–H groups in total. The van der Waals surface area contributed by atoms with Gasteiger partial charge in [0.2, 0.25) is 5.91 Å². The Morgan fingerprint density at radius 2 is 2.37 bits per heavy atom. The number of nitrogens with zero attached hydrogens (tertiary/aromatic N) is 2. The molecule has 0 bridgehead atoms. The van der Waals surface area contributed by atoms with Gasteiger partial charge in [-0.1, -0.05) is 17.8 Å². The van der Waals surface area contributed by atoms with E-state index in [4.69, 9.17) is 0 Å². The minimum Gasteiger partial charge on any atom is -0.356 e. The summed E-state index contributed by atoms with van der Waals surface area (Å²) in [6.07, 6.45) is 2.84. The Balaban J connectivity index is 1.61. The molecule has 1 fully saturated rings. The highest BCUT2D eigenvalue weighted by Gasteiger charge is 2.21. The third kappa shape index (κ3) is 4.55. The fourth-order valence-corrected chi connectivity index (χ4v) is 2.68. The molecule has 5 nitrogen and oxygen atoms in total. The number of thioether (sulfide) groups is 1. The summed E-state index contributed by atoms with van der Waals surface area (Å²) < 4.78 is 0. The maximum absolute atomic E-state index is 11.6. The van der Waals surface area contributed by atoms with Gasteiger partial charge in [0.15, 0.2) is 0 Å². The van der Waals surface area contributed by atoms with Crippen molar-refractivity contribution in [1.82, 2.24) is 15.2 Å². The van der Waals surface area contributed by atoms with Gasteiger partial charge >= 0.3 is 0 Å². The monoisotopic (exact) mass is 279 g/mol.